The molecule has 2 nitrogen and oxygen atoms in total. The Kier molecular flexibility index (Phi) is 15.0. The maximum atomic E-state index is 11.4. The minimum Gasteiger partial charge on any atom is -0.396 e. The number of rotatable bonds is 13. The number of hydrogen-bond donors (Lipinski definition) is 1. The highest BCUT2D eigenvalue weighted by molar-refractivity contribution is 8.13. The van der Waals surface area contributed by atoms with Crippen molar-refractivity contribution in [1.29, 1.82) is 0 Å². The summed E-state index contributed by atoms with van der Waals surface area (Å²) in [5.74, 6) is 0.979. The summed E-state index contributed by atoms with van der Waals surface area (Å²) < 4.78 is 0. The molecule has 0 rings (SSSR count). The van der Waals surface area contributed by atoms with Crippen LogP contribution in [-0.4, -0.2) is 22.6 Å². The molecule has 0 saturated heterocycles. The Morgan fingerprint density at radius 1 is 0.889 bits per heavy atom. The second-order valence-electron chi connectivity index (χ2n) is 4.88. The second kappa shape index (κ2) is 15.0. The second-order valence-corrected chi connectivity index (χ2v) is 6.03. The van der Waals surface area contributed by atoms with Crippen LogP contribution in [0, 0.1) is 0 Å². The van der Waals surface area contributed by atoms with Crippen molar-refractivity contribution in [2.24, 2.45) is 0 Å². The van der Waals surface area contributed by atoms with Gasteiger partial charge in [0.1, 0.15) is 0 Å². The van der Waals surface area contributed by atoms with Gasteiger partial charge in [0.15, 0.2) is 5.12 Å². The Morgan fingerprint density at radius 2 is 1.39 bits per heavy atom. The average Bonchev–Trinajstić information content (AvgIpc) is 2.38. The van der Waals surface area contributed by atoms with Crippen molar-refractivity contribution < 1.29 is 9.90 Å². The van der Waals surface area contributed by atoms with E-state index in [4.69, 9.17) is 5.11 Å². The van der Waals surface area contributed by atoms with Gasteiger partial charge in [0.05, 0.1) is 0 Å². The molecule has 0 amide bonds. The summed E-state index contributed by atoms with van der Waals surface area (Å²) in [5.41, 5.74) is 0. The lowest BCUT2D eigenvalue weighted by atomic mass is 10.1. The third kappa shape index (κ3) is 14.0. The molecular weight excluding hydrogens is 244 g/mol. The van der Waals surface area contributed by atoms with E-state index in [1.54, 1.807) is 0 Å². The Balaban J connectivity index is 3.04. The number of aliphatic hydroxyl groups excluding tert-OH is 1. The number of carbonyl (C=O) groups is 1. The van der Waals surface area contributed by atoms with Gasteiger partial charge in [0.25, 0.3) is 0 Å². The number of thioether (sulfide) groups is 1. The molecule has 0 aliphatic heterocycles. The SMILES string of the molecule is CCCSC(=O)CCCCCCCCCCCO. The first-order valence-corrected chi connectivity index (χ1v) is 8.56. The summed E-state index contributed by atoms with van der Waals surface area (Å²) in [6.45, 7) is 2.45. The van der Waals surface area contributed by atoms with Gasteiger partial charge in [-0.1, -0.05) is 63.6 Å². The van der Waals surface area contributed by atoms with Gasteiger partial charge in [0, 0.05) is 18.8 Å². The van der Waals surface area contributed by atoms with E-state index in [-0.39, 0.29) is 0 Å². The Morgan fingerprint density at radius 3 is 1.89 bits per heavy atom. The summed E-state index contributed by atoms with van der Waals surface area (Å²) in [6.07, 6.45) is 12.7. The average molecular weight is 274 g/mol. The molecule has 0 heterocycles. The zero-order valence-corrected chi connectivity index (χ0v) is 12.8. The molecule has 0 aliphatic carbocycles. The molecule has 0 spiro atoms. The van der Waals surface area contributed by atoms with Crippen molar-refractivity contribution in [1.82, 2.24) is 0 Å². The summed E-state index contributed by atoms with van der Waals surface area (Å²) in [5, 5.41) is 9.01. The monoisotopic (exact) mass is 274 g/mol. The Labute approximate surface area is 117 Å². The van der Waals surface area contributed by atoms with Gasteiger partial charge in [-0.3, -0.25) is 4.79 Å². The zero-order chi connectivity index (χ0) is 13.5. The van der Waals surface area contributed by atoms with Crippen LogP contribution in [-0.2, 0) is 4.79 Å². The van der Waals surface area contributed by atoms with E-state index >= 15 is 0 Å². The van der Waals surface area contributed by atoms with E-state index in [0.717, 1.165) is 31.4 Å². The lowest BCUT2D eigenvalue weighted by Crippen LogP contribution is -1.93. The topological polar surface area (TPSA) is 37.3 Å². The van der Waals surface area contributed by atoms with E-state index in [0.29, 0.717) is 11.7 Å². The molecule has 0 aliphatic rings. The van der Waals surface area contributed by atoms with Crippen LogP contribution in [0.3, 0.4) is 0 Å². The maximum absolute atomic E-state index is 11.4. The van der Waals surface area contributed by atoms with Gasteiger partial charge >= 0.3 is 0 Å². The first kappa shape index (κ1) is 18.0. The van der Waals surface area contributed by atoms with Crippen molar-refractivity contribution in [3.8, 4) is 0 Å². The molecule has 18 heavy (non-hydrogen) atoms. The third-order valence-electron chi connectivity index (χ3n) is 3.01. The minimum atomic E-state index is 0.337. The minimum absolute atomic E-state index is 0.337. The quantitative estimate of drug-likeness (QED) is 0.501. The molecule has 108 valence electrons. The molecular formula is C15H30O2S. The summed E-state index contributed by atoms with van der Waals surface area (Å²) >= 11 is 1.50. The van der Waals surface area contributed by atoms with Crippen molar-refractivity contribution in [2.45, 2.75) is 77.6 Å². The summed E-state index contributed by atoms with van der Waals surface area (Å²) in [6, 6.07) is 0. The van der Waals surface area contributed by atoms with E-state index in [2.05, 4.69) is 6.92 Å². The molecule has 1 N–H and O–H groups in total. The smallest absolute Gasteiger partial charge is 0.188 e. The van der Waals surface area contributed by atoms with Crippen molar-refractivity contribution in [3.05, 3.63) is 0 Å². The molecule has 0 fully saturated rings. The fraction of sp³-hybridized carbons (Fsp3) is 0.933. The molecule has 3 heteroatoms. The molecule has 0 aromatic heterocycles. The van der Waals surface area contributed by atoms with E-state index in [1.165, 1.54) is 56.7 Å². The van der Waals surface area contributed by atoms with Crippen LogP contribution >= 0.6 is 11.8 Å². The summed E-state index contributed by atoms with van der Waals surface area (Å²) in [4.78, 5) is 11.4. The number of hydrogen-bond acceptors (Lipinski definition) is 3. The van der Waals surface area contributed by atoms with Gasteiger partial charge in [-0.25, -0.2) is 0 Å². The van der Waals surface area contributed by atoms with Crippen molar-refractivity contribution in [3.63, 3.8) is 0 Å². The lowest BCUT2D eigenvalue weighted by Gasteiger charge is -2.02. The van der Waals surface area contributed by atoms with Crippen LogP contribution in [0.25, 0.3) is 0 Å². The molecule has 0 aromatic carbocycles. The van der Waals surface area contributed by atoms with Gasteiger partial charge < -0.3 is 5.11 Å². The van der Waals surface area contributed by atoms with Gasteiger partial charge in [-0.15, -0.1) is 0 Å². The molecule has 0 atom stereocenters. The van der Waals surface area contributed by atoms with Crippen LogP contribution in [0.1, 0.15) is 77.6 Å². The van der Waals surface area contributed by atoms with Crippen LogP contribution in [0.4, 0.5) is 0 Å². The van der Waals surface area contributed by atoms with E-state index in [9.17, 15) is 4.79 Å². The van der Waals surface area contributed by atoms with Gasteiger partial charge in [0.2, 0.25) is 0 Å². The van der Waals surface area contributed by atoms with Crippen LogP contribution in [0.2, 0.25) is 0 Å². The maximum Gasteiger partial charge on any atom is 0.188 e. The highest BCUT2D eigenvalue weighted by Crippen LogP contribution is 2.13. The lowest BCUT2D eigenvalue weighted by molar-refractivity contribution is -0.111. The fourth-order valence-corrected chi connectivity index (χ4v) is 2.63. The highest BCUT2D eigenvalue weighted by Gasteiger charge is 2.01. The first-order chi connectivity index (χ1) is 8.81. The standard InChI is InChI=1S/C15H30O2S/c1-2-14-18-15(17)12-10-8-6-4-3-5-7-9-11-13-16/h16H,2-14H2,1H3. The van der Waals surface area contributed by atoms with Crippen LogP contribution in [0.5, 0.6) is 0 Å². The fourth-order valence-electron chi connectivity index (χ4n) is 1.91. The molecule has 0 bridgehead atoms. The van der Waals surface area contributed by atoms with E-state index < -0.39 is 0 Å². The molecule has 0 aromatic rings. The highest BCUT2D eigenvalue weighted by atomic mass is 32.2. The molecule has 0 unspecified atom stereocenters. The molecule has 0 radical (unpaired) electrons. The van der Waals surface area contributed by atoms with Crippen LogP contribution < -0.4 is 0 Å². The van der Waals surface area contributed by atoms with E-state index in [1.807, 2.05) is 0 Å². The number of unbranched alkanes of at least 4 members (excludes halogenated alkanes) is 8. The predicted molar refractivity (Wildman–Crippen MR) is 81.0 cm³/mol. The van der Waals surface area contributed by atoms with Gasteiger partial charge in [-0.05, 0) is 19.3 Å². The van der Waals surface area contributed by atoms with Gasteiger partial charge in [-0.2, -0.15) is 0 Å². The summed E-state index contributed by atoms with van der Waals surface area (Å²) in [7, 11) is 0. The number of carbonyl (C=O) groups excluding carboxylic acids is 1. The Bertz CT molecular complexity index is 183. The van der Waals surface area contributed by atoms with Crippen molar-refractivity contribution in [2.75, 3.05) is 12.4 Å². The van der Waals surface area contributed by atoms with Crippen molar-refractivity contribution >= 4 is 16.9 Å². The zero-order valence-electron chi connectivity index (χ0n) is 12.0. The largest absolute Gasteiger partial charge is 0.396 e. The number of aliphatic hydroxyl groups is 1. The molecule has 0 saturated carbocycles. The normalized spacial score (nSPS) is 10.8. The Hall–Kier alpha value is -0.0200. The predicted octanol–water partition coefficient (Wildman–Crippen LogP) is 4.55. The third-order valence-corrected chi connectivity index (χ3v) is 4.14. The first-order valence-electron chi connectivity index (χ1n) is 7.57. The van der Waals surface area contributed by atoms with Crippen LogP contribution in [0.15, 0.2) is 0 Å².